The van der Waals surface area contributed by atoms with Gasteiger partial charge < -0.3 is 5.11 Å². The zero-order chi connectivity index (χ0) is 14.6. The van der Waals surface area contributed by atoms with Crippen molar-refractivity contribution in [2.45, 2.75) is 78.3 Å². The normalized spacial score (nSPS) is 25.0. The summed E-state index contributed by atoms with van der Waals surface area (Å²) in [5.41, 5.74) is -0.0667. The second-order valence-corrected chi connectivity index (χ2v) is 7.51. The molecule has 1 aliphatic carbocycles. The van der Waals surface area contributed by atoms with Crippen LogP contribution in [0.5, 0.6) is 0 Å². The van der Waals surface area contributed by atoms with Crippen LogP contribution < -0.4 is 0 Å². The van der Waals surface area contributed by atoms with Crippen LogP contribution in [0.25, 0.3) is 0 Å². The van der Waals surface area contributed by atoms with Crippen molar-refractivity contribution in [3.8, 4) is 0 Å². The SMILES string of the molecule is CC(C)CC1CCCC(N(CC(=O)O)C(C)(C)C)C1. The van der Waals surface area contributed by atoms with Gasteiger partial charge in [-0.25, -0.2) is 0 Å². The third-order valence-corrected chi connectivity index (χ3v) is 4.17. The zero-order valence-corrected chi connectivity index (χ0v) is 13.3. The summed E-state index contributed by atoms with van der Waals surface area (Å²) in [4.78, 5) is 13.3. The van der Waals surface area contributed by atoms with E-state index in [1.807, 2.05) is 0 Å². The van der Waals surface area contributed by atoms with Crippen LogP contribution in [0.3, 0.4) is 0 Å². The lowest BCUT2D eigenvalue weighted by Gasteiger charge is -2.44. The molecule has 19 heavy (non-hydrogen) atoms. The maximum absolute atomic E-state index is 11.1. The van der Waals surface area contributed by atoms with Gasteiger partial charge in [-0.3, -0.25) is 9.69 Å². The number of nitrogens with zero attached hydrogens (tertiary/aromatic N) is 1. The first-order valence-corrected chi connectivity index (χ1v) is 7.68. The van der Waals surface area contributed by atoms with E-state index in [2.05, 4.69) is 39.5 Å². The number of hydrogen-bond acceptors (Lipinski definition) is 2. The molecule has 0 aliphatic heterocycles. The highest BCUT2D eigenvalue weighted by Crippen LogP contribution is 2.34. The molecule has 112 valence electrons. The third kappa shape index (κ3) is 5.52. The Morgan fingerprint density at radius 2 is 1.95 bits per heavy atom. The number of rotatable bonds is 5. The summed E-state index contributed by atoms with van der Waals surface area (Å²) >= 11 is 0. The summed E-state index contributed by atoms with van der Waals surface area (Å²) in [6, 6.07) is 0.439. The molecule has 0 saturated heterocycles. The Hall–Kier alpha value is -0.570. The van der Waals surface area contributed by atoms with Gasteiger partial charge in [0.2, 0.25) is 0 Å². The fraction of sp³-hybridized carbons (Fsp3) is 0.938. The van der Waals surface area contributed by atoms with Crippen molar-refractivity contribution >= 4 is 5.97 Å². The molecule has 1 N–H and O–H groups in total. The first kappa shape index (κ1) is 16.5. The molecule has 1 fully saturated rings. The molecule has 1 aliphatic rings. The van der Waals surface area contributed by atoms with Gasteiger partial charge in [-0.1, -0.05) is 26.7 Å². The summed E-state index contributed by atoms with van der Waals surface area (Å²) < 4.78 is 0. The molecule has 0 aromatic carbocycles. The highest BCUT2D eigenvalue weighted by atomic mass is 16.4. The van der Waals surface area contributed by atoms with Crippen molar-refractivity contribution in [3.63, 3.8) is 0 Å². The monoisotopic (exact) mass is 269 g/mol. The van der Waals surface area contributed by atoms with E-state index >= 15 is 0 Å². The molecule has 0 aromatic rings. The molecule has 2 atom stereocenters. The molecule has 0 radical (unpaired) electrons. The molecule has 3 nitrogen and oxygen atoms in total. The average molecular weight is 269 g/mol. The molecule has 0 aromatic heterocycles. The summed E-state index contributed by atoms with van der Waals surface area (Å²) in [7, 11) is 0. The number of aliphatic carboxylic acids is 1. The fourth-order valence-corrected chi connectivity index (χ4v) is 3.49. The van der Waals surface area contributed by atoms with Gasteiger partial charge in [0.1, 0.15) is 0 Å². The minimum atomic E-state index is -0.707. The van der Waals surface area contributed by atoms with Gasteiger partial charge in [0, 0.05) is 11.6 Å². The summed E-state index contributed by atoms with van der Waals surface area (Å²) in [5, 5.41) is 9.15. The average Bonchev–Trinajstić information content (AvgIpc) is 2.23. The van der Waals surface area contributed by atoms with E-state index in [1.54, 1.807) is 0 Å². The summed E-state index contributed by atoms with van der Waals surface area (Å²) in [6.07, 6.45) is 6.16. The second kappa shape index (κ2) is 6.74. The van der Waals surface area contributed by atoms with Gasteiger partial charge in [0.05, 0.1) is 6.54 Å². The topological polar surface area (TPSA) is 40.5 Å². The van der Waals surface area contributed by atoms with Gasteiger partial charge in [-0.2, -0.15) is 0 Å². The molecular formula is C16H31NO2. The van der Waals surface area contributed by atoms with E-state index in [-0.39, 0.29) is 12.1 Å². The van der Waals surface area contributed by atoms with Crippen molar-refractivity contribution < 1.29 is 9.90 Å². The van der Waals surface area contributed by atoms with E-state index in [0.29, 0.717) is 6.04 Å². The van der Waals surface area contributed by atoms with Gasteiger partial charge >= 0.3 is 5.97 Å². The molecule has 1 saturated carbocycles. The van der Waals surface area contributed by atoms with Crippen LogP contribution in [0.2, 0.25) is 0 Å². The highest BCUT2D eigenvalue weighted by molar-refractivity contribution is 5.69. The lowest BCUT2D eigenvalue weighted by molar-refractivity contribution is -0.141. The maximum Gasteiger partial charge on any atom is 0.317 e. The van der Waals surface area contributed by atoms with Crippen molar-refractivity contribution in [3.05, 3.63) is 0 Å². The first-order valence-electron chi connectivity index (χ1n) is 7.68. The van der Waals surface area contributed by atoms with Crippen LogP contribution in [0, 0.1) is 11.8 Å². The van der Waals surface area contributed by atoms with Gasteiger partial charge in [0.15, 0.2) is 0 Å². The Labute approximate surface area is 118 Å². The van der Waals surface area contributed by atoms with E-state index in [9.17, 15) is 4.79 Å². The summed E-state index contributed by atoms with van der Waals surface area (Å²) in [6.45, 7) is 11.1. The fourth-order valence-electron chi connectivity index (χ4n) is 3.49. The zero-order valence-electron chi connectivity index (χ0n) is 13.3. The molecule has 2 unspecified atom stereocenters. The third-order valence-electron chi connectivity index (χ3n) is 4.17. The van der Waals surface area contributed by atoms with Gasteiger partial charge in [-0.15, -0.1) is 0 Å². The van der Waals surface area contributed by atoms with Crippen molar-refractivity contribution in [2.75, 3.05) is 6.54 Å². The molecule has 3 heteroatoms. The standard InChI is InChI=1S/C16H31NO2/c1-12(2)9-13-7-6-8-14(10-13)17(11-15(18)19)16(3,4)5/h12-14H,6-11H2,1-5H3,(H,18,19). The molecule has 0 amide bonds. The van der Waals surface area contributed by atoms with Crippen molar-refractivity contribution in [1.82, 2.24) is 4.90 Å². The Kier molecular flexibility index (Phi) is 5.84. The second-order valence-electron chi connectivity index (χ2n) is 7.51. The Bertz CT molecular complexity index is 294. The van der Waals surface area contributed by atoms with Crippen molar-refractivity contribution in [1.29, 1.82) is 0 Å². The van der Waals surface area contributed by atoms with E-state index in [4.69, 9.17) is 5.11 Å². The van der Waals surface area contributed by atoms with E-state index in [0.717, 1.165) is 18.3 Å². The lowest BCUT2D eigenvalue weighted by atomic mass is 9.79. The van der Waals surface area contributed by atoms with E-state index < -0.39 is 5.97 Å². The predicted octanol–water partition coefficient (Wildman–Crippen LogP) is 3.78. The largest absolute Gasteiger partial charge is 0.480 e. The molecule has 1 rings (SSSR count). The Morgan fingerprint density at radius 3 is 2.42 bits per heavy atom. The number of carboxylic acid groups (broad SMARTS) is 1. The Morgan fingerprint density at radius 1 is 1.32 bits per heavy atom. The molecular weight excluding hydrogens is 238 g/mol. The highest BCUT2D eigenvalue weighted by Gasteiger charge is 2.34. The lowest BCUT2D eigenvalue weighted by Crippen LogP contribution is -2.52. The van der Waals surface area contributed by atoms with Crippen LogP contribution in [-0.2, 0) is 4.79 Å². The summed E-state index contributed by atoms with van der Waals surface area (Å²) in [5.74, 6) is 0.810. The Balaban J connectivity index is 2.70. The van der Waals surface area contributed by atoms with Crippen LogP contribution in [0.4, 0.5) is 0 Å². The van der Waals surface area contributed by atoms with Crippen LogP contribution in [0.15, 0.2) is 0 Å². The van der Waals surface area contributed by atoms with Crippen LogP contribution >= 0.6 is 0 Å². The molecule has 0 spiro atoms. The number of hydrogen-bond donors (Lipinski definition) is 1. The van der Waals surface area contributed by atoms with Gasteiger partial charge in [-0.05, 0) is 51.9 Å². The minimum Gasteiger partial charge on any atom is -0.480 e. The predicted molar refractivity (Wildman–Crippen MR) is 79.3 cm³/mol. The maximum atomic E-state index is 11.1. The molecule has 0 bridgehead atoms. The first-order chi connectivity index (χ1) is 8.70. The van der Waals surface area contributed by atoms with E-state index in [1.165, 1.54) is 25.7 Å². The van der Waals surface area contributed by atoms with Crippen LogP contribution in [0.1, 0.15) is 66.7 Å². The molecule has 0 heterocycles. The number of carboxylic acids is 1. The smallest absolute Gasteiger partial charge is 0.317 e. The van der Waals surface area contributed by atoms with Crippen LogP contribution in [-0.4, -0.2) is 34.1 Å². The van der Waals surface area contributed by atoms with Gasteiger partial charge in [0.25, 0.3) is 0 Å². The number of carbonyl (C=O) groups is 1. The minimum absolute atomic E-state index is 0.0667. The van der Waals surface area contributed by atoms with Crippen molar-refractivity contribution in [2.24, 2.45) is 11.8 Å². The quantitative estimate of drug-likeness (QED) is 0.825.